The van der Waals surface area contributed by atoms with Crippen LogP contribution >= 0.6 is 0 Å². The summed E-state index contributed by atoms with van der Waals surface area (Å²) in [5.74, 6) is 0.710. The first-order chi connectivity index (χ1) is 9.79. The van der Waals surface area contributed by atoms with Crippen LogP contribution in [0.25, 0.3) is 10.8 Å². The average molecular weight is 266 g/mol. The number of benzene rings is 2. The summed E-state index contributed by atoms with van der Waals surface area (Å²) in [5, 5.41) is 12.9. The first-order valence-electron chi connectivity index (χ1n) is 6.97. The highest BCUT2D eigenvalue weighted by atomic mass is 16.3. The van der Waals surface area contributed by atoms with Gasteiger partial charge < -0.3 is 9.67 Å². The van der Waals surface area contributed by atoms with Crippen LogP contribution in [0.15, 0.2) is 54.9 Å². The smallest absolute Gasteiger partial charge is 0.142 e. The highest BCUT2D eigenvalue weighted by Gasteiger charge is 2.16. The van der Waals surface area contributed by atoms with Crippen LogP contribution in [-0.2, 0) is 6.54 Å². The van der Waals surface area contributed by atoms with Crippen LogP contribution in [0.3, 0.4) is 0 Å². The molecule has 1 aromatic heterocycles. The summed E-state index contributed by atoms with van der Waals surface area (Å²) < 4.78 is 2.01. The molecule has 0 aliphatic carbocycles. The molecule has 1 heterocycles. The van der Waals surface area contributed by atoms with Crippen LogP contribution in [0.5, 0.6) is 0 Å². The van der Waals surface area contributed by atoms with Crippen molar-refractivity contribution >= 4 is 10.8 Å². The van der Waals surface area contributed by atoms with Gasteiger partial charge in [0.1, 0.15) is 11.9 Å². The maximum atomic E-state index is 10.6. The molecule has 0 amide bonds. The summed E-state index contributed by atoms with van der Waals surface area (Å²) in [6, 6.07) is 14.2. The minimum atomic E-state index is -0.679. The van der Waals surface area contributed by atoms with Gasteiger partial charge in [0.15, 0.2) is 0 Å². The summed E-state index contributed by atoms with van der Waals surface area (Å²) >= 11 is 0. The Hall–Kier alpha value is -2.13. The van der Waals surface area contributed by atoms with Gasteiger partial charge in [0.05, 0.1) is 0 Å². The summed E-state index contributed by atoms with van der Waals surface area (Å²) in [6.07, 6.45) is 4.01. The van der Waals surface area contributed by atoms with Crippen LogP contribution in [0.2, 0.25) is 0 Å². The fourth-order valence-corrected chi connectivity index (χ4v) is 2.53. The molecule has 3 aromatic rings. The molecule has 0 saturated heterocycles. The lowest BCUT2D eigenvalue weighted by Crippen LogP contribution is -2.09. The molecule has 3 heteroatoms. The summed E-state index contributed by atoms with van der Waals surface area (Å²) in [7, 11) is 0. The Balaban J connectivity index is 1.99. The molecule has 0 fully saturated rings. The highest BCUT2D eigenvalue weighted by Crippen LogP contribution is 2.24. The molecular formula is C17H18N2O. The molecule has 1 atom stereocenters. The van der Waals surface area contributed by atoms with Crippen LogP contribution in [0, 0.1) is 0 Å². The maximum Gasteiger partial charge on any atom is 0.142 e. The van der Waals surface area contributed by atoms with Crippen molar-refractivity contribution in [3.63, 3.8) is 0 Å². The third-order valence-electron chi connectivity index (χ3n) is 3.55. The average Bonchev–Trinajstić information content (AvgIpc) is 2.94. The van der Waals surface area contributed by atoms with E-state index in [0.29, 0.717) is 5.82 Å². The summed E-state index contributed by atoms with van der Waals surface area (Å²) in [4.78, 5) is 4.30. The third kappa shape index (κ3) is 2.32. The van der Waals surface area contributed by atoms with E-state index in [9.17, 15) is 5.11 Å². The molecular weight excluding hydrogens is 248 g/mol. The molecule has 0 aliphatic rings. The predicted molar refractivity (Wildman–Crippen MR) is 80.5 cm³/mol. The SMILES string of the molecule is CCCn1ccnc1C(O)c1ccc2ccccc2c1. The van der Waals surface area contributed by atoms with Gasteiger partial charge in [-0.05, 0) is 28.8 Å². The van der Waals surface area contributed by atoms with Crippen molar-refractivity contribution in [2.75, 3.05) is 0 Å². The van der Waals surface area contributed by atoms with Crippen molar-refractivity contribution < 1.29 is 5.11 Å². The topological polar surface area (TPSA) is 38.0 Å². The van der Waals surface area contributed by atoms with Gasteiger partial charge in [-0.15, -0.1) is 0 Å². The lowest BCUT2D eigenvalue weighted by atomic mass is 10.0. The van der Waals surface area contributed by atoms with E-state index >= 15 is 0 Å². The molecule has 3 nitrogen and oxygen atoms in total. The number of rotatable bonds is 4. The molecule has 1 N–H and O–H groups in total. The Morgan fingerprint density at radius 2 is 1.95 bits per heavy atom. The Morgan fingerprint density at radius 3 is 2.75 bits per heavy atom. The zero-order valence-electron chi connectivity index (χ0n) is 11.5. The lowest BCUT2D eigenvalue weighted by molar-refractivity contribution is 0.204. The van der Waals surface area contributed by atoms with Gasteiger partial charge in [0.25, 0.3) is 0 Å². The molecule has 0 saturated carbocycles. The quantitative estimate of drug-likeness (QED) is 0.784. The van der Waals surface area contributed by atoms with Crippen LogP contribution in [0.4, 0.5) is 0 Å². The van der Waals surface area contributed by atoms with Crippen molar-refractivity contribution in [2.45, 2.75) is 26.0 Å². The summed E-state index contributed by atoms with van der Waals surface area (Å²) in [5.41, 5.74) is 0.882. The number of aliphatic hydroxyl groups is 1. The van der Waals surface area contributed by atoms with Gasteiger partial charge >= 0.3 is 0 Å². The molecule has 0 aliphatic heterocycles. The van der Waals surface area contributed by atoms with Gasteiger partial charge in [-0.1, -0.05) is 43.3 Å². The van der Waals surface area contributed by atoms with E-state index < -0.39 is 6.10 Å². The van der Waals surface area contributed by atoms with E-state index in [1.165, 1.54) is 5.39 Å². The maximum absolute atomic E-state index is 10.6. The molecule has 0 radical (unpaired) electrons. The molecule has 0 spiro atoms. The van der Waals surface area contributed by atoms with E-state index in [1.807, 2.05) is 41.1 Å². The second-order valence-electron chi connectivity index (χ2n) is 4.99. The van der Waals surface area contributed by atoms with Crippen molar-refractivity contribution in [1.29, 1.82) is 0 Å². The number of aliphatic hydroxyl groups excluding tert-OH is 1. The Bertz CT molecular complexity index is 718. The van der Waals surface area contributed by atoms with E-state index in [4.69, 9.17) is 0 Å². The van der Waals surface area contributed by atoms with Crippen molar-refractivity contribution in [3.8, 4) is 0 Å². The number of fused-ring (bicyclic) bond motifs is 1. The number of hydrogen-bond acceptors (Lipinski definition) is 2. The number of aromatic nitrogens is 2. The van der Waals surface area contributed by atoms with E-state index in [-0.39, 0.29) is 0 Å². The van der Waals surface area contributed by atoms with Crippen molar-refractivity contribution in [1.82, 2.24) is 9.55 Å². The third-order valence-corrected chi connectivity index (χ3v) is 3.55. The van der Waals surface area contributed by atoms with Crippen LogP contribution in [-0.4, -0.2) is 14.7 Å². The highest BCUT2D eigenvalue weighted by molar-refractivity contribution is 5.83. The van der Waals surface area contributed by atoms with E-state index in [0.717, 1.165) is 23.9 Å². The fourth-order valence-electron chi connectivity index (χ4n) is 2.53. The van der Waals surface area contributed by atoms with Gasteiger partial charge in [0.2, 0.25) is 0 Å². The lowest BCUT2D eigenvalue weighted by Gasteiger charge is -2.14. The monoisotopic (exact) mass is 266 g/mol. The van der Waals surface area contributed by atoms with E-state index in [2.05, 4.69) is 24.0 Å². The first-order valence-corrected chi connectivity index (χ1v) is 6.97. The normalized spacial score (nSPS) is 12.7. The van der Waals surface area contributed by atoms with Gasteiger partial charge in [-0.2, -0.15) is 0 Å². The molecule has 20 heavy (non-hydrogen) atoms. The van der Waals surface area contributed by atoms with E-state index in [1.54, 1.807) is 6.20 Å². The molecule has 2 aromatic carbocycles. The number of aryl methyl sites for hydroxylation is 1. The minimum Gasteiger partial charge on any atom is -0.380 e. The standard InChI is InChI=1S/C17H18N2O/c1-2-10-19-11-9-18-17(19)16(20)15-8-7-13-5-3-4-6-14(13)12-15/h3-9,11-12,16,20H,2,10H2,1H3. The molecule has 3 rings (SSSR count). The Labute approximate surface area is 118 Å². The second kappa shape index (κ2) is 5.47. The number of imidazole rings is 1. The predicted octanol–water partition coefficient (Wildman–Crippen LogP) is 3.53. The van der Waals surface area contributed by atoms with Crippen molar-refractivity contribution in [3.05, 3.63) is 66.2 Å². The number of hydrogen-bond donors (Lipinski definition) is 1. The van der Waals surface area contributed by atoms with Gasteiger partial charge in [-0.3, -0.25) is 0 Å². The fraction of sp³-hybridized carbons (Fsp3) is 0.235. The minimum absolute atomic E-state index is 0.679. The molecule has 0 bridgehead atoms. The van der Waals surface area contributed by atoms with Crippen molar-refractivity contribution in [2.24, 2.45) is 0 Å². The number of nitrogens with zero attached hydrogens (tertiary/aromatic N) is 2. The van der Waals surface area contributed by atoms with Crippen LogP contribution < -0.4 is 0 Å². The summed E-state index contributed by atoms with van der Waals surface area (Å²) in [6.45, 7) is 2.99. The molecule has 102 valence electrons. The van der Waals surface area contributed by atoms with Gasteiger partial charge in [0, 0.05) is 18.9 Å². The Morgan fingerprint density at radius 1 is 1.15 bits per heavy atom. The van der Waals surface area contributed by atoms with Crippen LogP contribution in [0.1, 0.15) is 30.8 Å². The molecule has 1 unspecified atom stereocenters. The largest absolute Gasteiger partial charge is 0.380 e. The first kappa shape index (κ1) is 12.9. The Kier molecular flexibility index (Phi) is 3.52. The zero-order chi connectivity index (χ0) is 13.9. The van der Waals surface area contributed by atoms with Gasteiger partial charge in [-0.25, -0.2) is 4.98 Å². The second-order valence-corrected chi connectivity index (χ2v) is 4.99. The zero-order valence-corrected chi connectivity index (χ0v) is 11.5.